The first-order valence-corrected chi connectivity index (χ1v) is 26.0. The molecular formula is C56H96O6. The van der Waals surface area contributed by atoms with Crippen LogP contribution in [-0.2, 0) is 28.6 Å². The largest absolute Gasteiger partial charge is 0.462 e. The monoisotopic (exact) mass is 865 g/mol. The van der Waals surface area contributed by atoms with Gasteiger partial charge in [-0.2, -0.15) is 0 Å². The third kappa shape index (κ3) is 47.9. The quantitative estimate of drug-likeness (QED) is 0.0199. The topological polar surface area (TPSA) is 78.9 Å². The summed E-state index contributed by atoms with van der Waals surface area (Å²) in [5.74, 6) is -0.969. The highest BCUT2D eigenvalue weighted by atomic mass is 16.6. The zero-order valence-electron chi connectivity index (χ0n) is 40.6. The summed E-state index contributed by atoms with van der Waals surface area (Å²) < 4.78 is 16.7. The molecule has 0 saturated heterocycles. The molecule has 1 unspecified atom stereocenters. The number of allylic oxidation sites excluding steroid dienone is 12. The zero-order chi connectivity index (χ0) is 45.1. The van der Waals surface area contributed by atoms with E-state index < -0.39 is 6.10 Å². The number of carbonyl (C=O) groups excluding carboxylic acids is 3. The molecular weight excluding hydrogens is 769 g/mol. The van der Waals surface area contributed by atoms with Gasteiger partial charge in [-0.15, -0.1) is 0 Å². The van der Waals surface area contributed by atoms with Crippen molar-refractivity contribution >= 4 is 17.9 Å². The number of hydrogen-bond acceptors (Lipinski definition) is 6. The van der Waals surface area contributed by atoms with Gasteiger partial charge >= 0.3 is 17.9 Å². The van der Waals surface area contributed by atoms with Crippen LogP contribution in [0.25, 0.3) is 0 Å². The van der Waals surface area contributed by atoms with E-state index in [9.17, 15) is 14.4 Å². The number of ether oxygens (including phenoxy) is 3. The number of rotatable bonds is 46. The van der Waals surface area contributed by atoms with E-state index in [1.54, 1.807) is 0 Å². The minimum Gasteiger partial charge on any atom is -0.462 e. The Morgan fingerprint density at radius 2 is 0.677 bits per heavy atom. The number of carbonyl (C=O) groups is 3. The highest BCUT2D eigenvalue weighted by Crippen LogP contribution is 2.13. The number of esters is 3. The summed E-state index contributed by atoms with van der Waals surface area (Å²) in [7, 11) is 0. The van der Waals surface area contributed by atoms with Crippen LogP contribution in [0.2, 0.25) is 0 Å². The molecule has 0 heterocycles. The molecule has 0 aliphatic rings. The Balaban J connectivity index is 4.48. The van der Waals surface area contributed by atoms with Gasteiger partial charge in [0.05, 0.1) is 0 Å². The summed E-state index contributed by atoms with van der Waals surface area (Å²) in [6, 6.07) is 0. The van der Waals surface area contributed by atoms with Crippen molar-refractivity contribution in [3.05, 3.63) is 72.9 Å². The highest BCUT2D eigenvalue weighted by molar-refractivity contribution is 5.71. The van der Waals surface area contributed by atoms with E-state index in [2.05, 4.69) is 93.7 Å². The molecule has 0 radical (unpaired) electrons. The average Bonchev–Trinajstić information content (AvgIpc) is 3.27. The van der Waals surface area contributed by atoms with Crippen molar-refractivity contribution < 1.29 is 28.6 Å². The Labute approximate surface area is 382 Å². The van der Waals surface area contributed by atoms with E-state index in [-0.39, 0.29) is 37.5 Å². The van der Waals surface area contributed by atoms with Crippen LogP contribution < -0.4 is 0 Å². The molecule has 0 aliphatic carbocycles. The van der Waals surface area contributed by atoms with Crippen molar-refractivity contribution in [2.45, 2.75) is 252 Å². The minimum atomic E-state index is -0.805. The molecule has 0 fully saturated rings. The third-order valence-corrected chi connectivity index (χ3v) is 11.0. The van der Waals surface area contributed by atoms with E-state index >= 15 is 0 Å². The van der Waals surface area contributed by atoms with Crippen LogP contribution in [0.3, 0.4) is 0 Å². The second kappa shape index (κ2) is 50.5. The van der Waals surface area contributed by atoms with Gasteiger partial charge in [-0.1, -0.05) is 203 Å². The molecule has 0 aromatic rings. The molecule has 0 N–H and O–H groups in total. The minimum absolute atomic E-state index is 0.102. The Morgan fingerprint density at radius 3 is 1.08 bits per heavy atom. The van der Waals surface area contributed by atoms with E-state index in [4.69, 9.17) is 14.2 Å². The fourth-order valence-corrected chi connectivity index (χ4v) is 7.05. The smallest absolute Gasteiger partial charge is 0.306 e. The van der Waals surface area contributed by atoms with Gasteiger partial charge in [0.2, 0.25) is 0 Å². The van der Waals surface area contributed by atoms with Gasteiger partial charge in [0.25, 0.3) is 0 Å². The second-order valence-electron chi connectivity index (χ2n) is 17.1. The maximum absolute atomic E-state index is 12.8. The van der Waals surface area contributed by atoms with Gasteiger partial charge in [-0.25, -0.2) is 0 Å². The molecule has 62 heavy (non-hydrogen) atoms. The van der Waals surface area contributed by atoms with E-state index in [0.29, 0.717) is 12.8 Å². The normalized spacial score (nSPS) is 12.6. The van der Waals surface area contributed by atoms with Crippen molar-refractivity contribution in [3.8, 4) is 0 Å². The van der Waals surface area contributed by atoms with Crippen molar-refractivity contribution in [1.29, 1.82) is 0 Å². The second-order valence-corrected chi connectivity index (χ2v) is 17.1. The Bertz CT molecular complexity index is 1180. The van der Waals surface area contributed by atoms with E-state index in [1.807, 2.05) is 0 Å². The lowest BCUT2D eigenvalue weighted by atomic mass is 10.1. The molecule has 0 aliphatic heterocycles. The maximum Gasteiger partial charge on any atom is 0.306 e. The van der Waals surface area contributed by atoms with Crippen molar-refractivity contribution in [2.24, 2.45) is 0 Å². The molecule has 0 rings (SSSR count). The molecule has 0 bridgehead atoms. The first-order chi connectivity index (χ1) is 30.5. The fraction of sp³-hybridized carbons (Fsp3) is 0.732. The van der Waals surface area contributed by atoms with Crippen molar-refractivity contribution in [2.75, 3.05) is 13.2 Å². The van der Waals surface area contributed by atoms with Gasteiger partial charge in [-0.05, 0) is 96.3 Å². The van der Waals surface area contributed by atoms with Gasteiger partial charge < -0.3 is 14.2 Å². The summed E-state index contributed by atoms with van der Waals surface area (Å²) in [4.78, 5) is 37.9. The molecule has 0 aromatic carbocycles. The van der Waals surface area contributed by atoms with Crippen LogP contribution in [0.1, 0.15) is 245 Å². The Morgan fingerprint density at radius 1 is 0.355 bits per heavy atom. The van der Waals surface area contributed by atoms with Crippen LogP contribution in [0.15, 0.2) is 72.9 Å². The van der Waals surface area contributed by atoms with Crippen LogP contribution in [0.5, 0.6) is 0 Å². The molecule has 6 nitrogen and oxygen atoms in total. The SMILES string of the molecule is CC/C=C\C/C=C\CCCCCCCC(=O)OCC(COC(=O)CCCCC/C=C\C=C/CCCCCCCCC)OC(=O)CCCCC/C=C\C=C/CCCCCCCCC. The van der Waals surface area contributed by atoms with Crippen LogP contribution in [-0.4, -0.2) is 37.2 Å². The first kappa shape index (κ1) is 58.9. The summed E-state index contributed by atoms with van der Waals surface area (Å²) in [6.45, 7) is 6.46. The van der Waals surface area contributed by atoms with Crippen LogP contribution in [0.4, 0.5) is 0 Å². The molecule has 356 valence electrons. The van der Waals surface area contributed by atoms with Gasteiger partial charge in [-0.3, -0.25) is 14.4 Å². The highest BCUT2D eigenvalue weighted by Gasteiger charge is 2.19. The number of unbranched alkanes of at least 4 members (excludes halogenated alkanes) is 25. The summed E-state index contributed by atoms with van der Waals surface area (Å²) in [6.07, 6.45) is 63.2. The van der Waals surface area contributed by atoms with Gasteiger partial charge in [0.15, 0.2) is 6.10 Å². The molecule has 0 aromatic heterocycles. The predicted octanol–water partition coefficient (Wildman–Crippen LogP) is 17.0. The van der Waals surface area contributed by atoms with Crippen molar-refractivity contribution in [3.63, 3.8) is 0 Å². The van der Waals surface area contributed by atoms with Gasteiger partial charge in [0.1, 0.15) is 13.2 Å². The summed E-state index contributed by atoms with van der Waals surface area (Å²) in [5, 5.41) is 0. The number of hydrogen-bond donors (Lipinski definition) is 0. The first-order valence-electron chi connectivity index (χ1n) is 26.0. The lowest BCUT2D eigenvalue weighted by Crippen LogP contribution is -2.30. The lowest BCUT2D eigenvalue weighted by molar-refractivity contribution is -0.167. The molecule has 6 heteroatoms. The predicted molar refractivity (Wildman–Crippen MR) is 265 cm³/mol. The van der Waals surface area contributed by atoms with E-state index in [0.717, 1.165) is 116 Å². The molecule has 0 saturated carbocycles. The standard InChI is InChI=1S/C56H96O6/c1-4-7-10-13-16-19-22-25-27-29-31-34-37-40-43-46-49-55(58)61-52-53(51-60-54(57)48-45-42-39-36-33-24-21-18-15-12-9-6-3)62-56(59)50-47-44-41-38-35-32-30-28-26-23-20-17-14-11-8-5-2/h9,12,18,21,27-32,34-35,53H,4-8,10-11,13-17,19-20,22-26,33,36-52H2,1-3H3/b12-9-,21-18-,29-27-,30-28-,34-31-,35-32-. The lowest BCUT2D eigenvalue weighted by Gasteiger charge is -2.18. The summed E-state index contributed by atoms with van der Waals surface area (Å²) in [5.41, 5.74) is 0. The maximum atomic E-state index is 12.8. The van der Waals surface area contributed by atoms with Crippen molar-refractivity contribution in [1.82, 2.24) is 0 Å². The fourth-order valence-electron chi connectivity index (χ4n) is 7.05. The van der Waals surface area contributed by atoms with E-state index in [1.165, 1.54) is 89.9 Å². The molecule has 0 amide bonds. The third-order valence-electron chi connectivity index (χ3n) is 11.0. The molecule has 1 atom stereocenters. The van der Waals surface area contributed by atoms with Gasteiger partial charge in [0, 0.05) is 19.3 Å². The summed E-state index contributed by atoms with van der Waals surface area (Å²) >= 11 is 0. The molecule has 0 spiro atoms. The Kier molecular flexibility index (Phi) is 47.9. The average molecular weight is 865 g/mol. The Hall–Kier alpha value is -3.15. The van der Waals surface area contributed by atoms with Crippen LogP contribution >= 0.6 is 0 Å². The zero-order valence-corrected chi connectivity index (χ0v) is 40.6. The van der Waals surface area contributed by atoms with Crippen LogP contribution in [0, 0.1) is 0 Å².